The minimum atomic E-state index is 0.866. The molecule has 1 nitrogen and oxygen atoms in total. The first kappa shape index (κ1) is 12.3. The van der Waals surface area contributed by atoms with Crippen LogP contribution in [0.1, 0.15) is 16.7 Å². The first-order valence-electron chi connectivity index (χ1n) is 6.03. The third-order valence-electron chi connectivity index (χ3n) is 3.14. The van der Waals surface area contributed by atoms with E-state index in [1.807, 2.05) is 18.2 Å². The number of hydrogen-bond donors (Lipinski definition) is 0. The maximum Gasteiger partial charge on any atom is 0.0525 e. The van der Waals surface area contributed by atoms with Crippen LogP contribution >= 0.6 is 0 Å². The molecule has 2 rings (SSSR count). The lowest BCUT2D eigenvalue weighted by Crippen LogP contribution is -2.18. The Kier molecular flexibility index (Phi) is 3.69. The zero-order valence-electron chi connectivity index (χ0n) is 10.9. The fraction of sp³-hybridized carbons (Fsp3) is 0.176. The van der Waals surface area contributed by atoms with E-state index in [9.17, 15) is 0 Å². The van der Waals surface area contributed by atoms with E-state index in [2.05, 4.69) is 55.1 Å². The zero-order valence-corrected chi connectivity index (χ0v) is 10.9. The second kappa shape index (κ2) is 5.42. The minimum Gasteiger partial charge on any atom is -0.369 e. The summed E-state index contributed by atoms with van der Waals surface area (Å²) < 4.78 is 0. The average molecular weight is 235 g/mol. The van der Waals surface area contributed by atoms with Gasteiger partial charge in [-0.05, 0) is 30.2 Å². The molecule has 0 bridgehead atoms. The summed E-state index contributed by atoms with van der Waals surface area (Å²) in [6.45, 7) is 3.00. The van der Waals surface area contributed by atoms with Crippen LogP contribution in [0, 0.1) is 19.3 Å². The monoisotopic (exact) mass is 235 g/mol. The molecule has 2 aromatic carbocycles. The molecule has 0 heterocycles. The highest BCUT2D eigenvalue weighted by atomic mass is 15.1. The molecule has 0 aromatic heterocycles. The van der Waals surface area contributed by atoms with Gasteiger partial charge in [0.15, 0.2) is 0 Å². The normalized spacial score (nSPS) is 9.83. The van der Waals surface area contributed by atoms with Crippen molar-refractivity contribution in [3.05, 3.63) is 65.2 Å². The lowest BCUT2D eigenvalue weighted by atomic mass is 10.1. The molecule has 18 heavy (non-hydrogen) atoms. The van der Waals surface area contributed by atoms with Gasteiger partial charge in [0, 0.05) is 19.2 Å². The molecule has 0 aliphatic heterocycles. The van der Waals surface area contributed by atoms with E-state index in [1.165, 1.54) is 11.1 Å². The molecule has 1 heteroatoms. The van der Waals surface area contributed by atoms with Crippen molar-refractivity contribution in [3.63, 3.8) is 0 Å². The van der Waals surface area contributed by atoms with Gasteiger partial charge in [0.2, 0.25) is 0 Å². The highest BCUT2D eigenvalue weighted by Gasteiger charge is 2.07. The Balaban J connectivity index is 2.26. The highest BCUT2D eigenvalue weighted by Crippen LogP contribution is 2.21. The number of rotatable bonds is 3. The van der Waals surface area contributed by atoms with Gasteiger partial charge >= 0.3 is 0 Å². The number of terminal acetylenes is 1. The maximum absolute atomic E-state index is 5.54. The summed E-state index contributed by atoms with van der Waals surface area (Å²) in [5, 5.41) is 0. The fourth-order valence-corrected chi connectivity index (χ4v) is 2.06. The van der Waals surface area contributed by atoms with Crippen molar-refractivity contribution in [1.29, 1.82) is 0 Å². The standard InChI is InChI=1S/C17H17N/c1-4-15-10-7-8-12-17(15)18(3)13-16-11-6-5-9-14(16)2/h1,5-12H,13H2,2-3H3. The van der Waals surface area contributed by atoms with Crippen molar-refractivity contribution in [1.82, 2.24) is 0 Å². The Bertz CT molecular complexity index is 578. The molecule has 0 aliphatic rings. The van der Waals surface area contributed by atoms with Crippen LogP contribution in [0.15, 0.2) is 48.5 Å². The summed E-state index contributed by atoms with van der Waals surface area (Å²) in [7, 11) is 2.07. The van der Waals surface area contributed by atoms with Crippen molar-refractivity contribution in [2.24, 2.45) is 0 Å². The van der Waals surface area contributed by atoms with Crippen molar-refractivity contribution in [3.8, 4) is 12.3 Å². The van der Waals surface area contributed by atoms with Gasteiger partial charge in [0.1, 0.15) is 0 Å². The van der Waals surface area contributed by atoms with Gasteiger partial charge < -0.3 is 4.90 Å². The Morgan fingerprint density at radius 2 is 1.72 bits per heavy atom. The van der Waals surface area contributed by atoms with E-state index in [4.69, 9.17) is 6.42 Å². The average Bonchev–Trinajstić information content (AvgIpc) is 2.41. The third kappa shape index (κ3) is 2.55. The number of hydrogen-bond acceptors (Lipinski definition) is 1. The topological polar surface area (TPSA) is 3.24 Å². The van der Waals surface area contributed by atoms with Crippen LogP contribution in [-0.2, 0) is 6.54 Å². The molecular weight excluding hydrogens is 218 g/mol. The summed E-state index contributed by atoms with van der Waals surface area (Å²) in [4.78, 5) is 2.19. The molecule has 0 radical (unpaired) electrons. The number of aryl methyl sites for hydroxylation is 1. The Morgan fingerprint density at radius 1 is 1.06 bits per heavy atom. The molecule has 0 spiro atoms. The smallest absolute Gasteiger partial charge is 0.0525 e. The molecule has 0 atom stereocenters. The lowest BCUT2D eigenvalue weighted by molar-refractivity contribution is 0.913. The molecule has 90 valence electrons. The van der Waals surface area contributed by atoms with Crippen LogP contribution < -0.4 is 4.90 Å². The Hall–Kier alpha value is -2.20. The van der Waals surface area contributed by atoms with E-state index in [0.717, 1.165) is 17.8 Å². The van der Waals surface area contributed by atoms with Crippen LogP contribution in [0.25, 0.3) is 0 Å². The van der Waals surface area contributed by atoms with E-state index in [-0.39, 0.29) is 0 Å². The summed E-state index contributed by atoms with van der Waals surface area (Å²) in [6.07, 6.45) is 5.54. The van der Waals surface area contributed by atoms with Crippen LogP contribution in [-0.4, -0.2) is 7.05 Å². The molecule has 0 unspecified atom stereocenters. The molecule has 0 N–H and O–H groups in total. The largest absolute Gasteiger partial charge is 0.369 e. The van der Waals surface area contributed by atoms with Gasteiger partial charge in [0.25, 0.3) is 0 Å². The van der Waals surface area contributed by atoms with Gasteiger partial charge in [-0.2, -0.15) is 0 Å². The number of para-hydroxylation sites is 1. The second-order valence-electron chi connectivity index (χ2n) is 4.44. The van der Waals surface area contributed by atoms with E-state index in [0.29, 0.717) is 0 Å². The summed E-state index contributed by atoms with van der Waals surface area (Å²) >= 11 is 0. The summed E-state index contributed by atoms with van der Waals surface area (Å²) in [5.41, 5.74) is 4.67. The molecule has 0 amide bonds. The van der Waals surface area contributed by atoms with Gasteiger partial charge in [-0.3, -0.25) is 0 Å². The predicted octanol–water partition coefficient (Wildman–Crippen LogP) is 3.61. The highest BCUT2D eigenvalue weighted by molar-refractivity contribution is 5.60. The summed E-state index contributed by atoms with van der Waals surface area (Å²) in [5.74, 6) is 2.74. The molecule has 0 aliphatic carbocycles. The summed E-state index contributed by atoms with van der Waals surface area (Å²) in [6, 6.07) is 16.5. The predicted molar refractivity (Wildman–Crippen MR) is 77.7 cm³/mol. The van der Waals surface area contributed by atoms with Gasteiger partial charge in [-0.1, -0.05) is 42.3 Å². The third-order valence-corrected chi connectivity index (χ3v) is 3.14. The van der Waals surface area contributed by atoms with Crippen molar-refractivity contribution in [2.75, 3.05) is 11.9 Å². The minimum absolute atomic E-state index is 0.866. The molecule has 0 saturated heterocycles. The Morgan fingerprint density at radius 3 is 2.44 bits per heavy atom. The van der Waals surface area contributed by atoms with Gasteiger partial charge in [0.05, 0.1) is 5.69 Å². The van der Waals surface area contributed by atoms with Crippen LogP contribution in [0.3, 0.4) is 0 Å². The van der Waals surface area contributed by atoms with E-state index >= 15 is 0 Å². The number of anilines is 1. The van der Waals surface area contributed by atoms with Crippen molar-refractivity contribution in [2.45, 2.75) is 13.5 Å². The van der Waals surface area contributed by atoms with Crippen LogP contribution in [0.4, 0.5) is 5.69 Å². The fourth-order valence-electron chi connectivity index (χ4n) is 2.06. The number of nitrogens with zero attached hydrogens (tertiary/aromatic N) is 1. The molecule has 0 fully saturated rings. The van der Waals surface area contributed by atoms with E-state index < -0.39 is 0 Å². The van der Waals surface area contributed by atoms with Crippen molar-refractivity contribution >= 4 is 5.69 Å². The van der Waals surface area contributed by atoms with Crippen LogP contribution in [0.2, 0.25) is 0 Å². The number of benzene rings is 2. The zero-order chi connectivity index (χ0) is 13.0. The van der Waals surface area contributed by atoms with Gasteiger partial charge in [-0.15, -0.1) is 6.42 Å². The first-order chi connectivity index (χ1) is 8.72. The first-order valence-corrected chi connectivity index (χ1v) is 6.03. The molecule has 2 aromatic rings. The van der Waals surface area contributed by atoms with Gasteiger partial charge in [-0.25, -0.2) is 0 Å². The quantitative estimate of drug-likeness (QED) is 0.735. The van der Waals surface area contributed by atoms with E-state index in [1.54, 1.807) is 0 Å². The Labute approximate surface area is 109 Å². The SMILES string of the molecule is C#Cc1ccccc1N(C)Cc1ccccc1C. The van der Waals surface area contributed by atoms with Crippen molar-refractivity contribution < 1.29 is 0 Å². The lowest BCUT2D eigenvalue weighted by Gasteiger charge is -2.21. The molecular formula is C17H17N. The maximum atomic E-state index is 5.54. The van der Waals surface area contributed by atoms with Crippen LogP contribution in [0.5, 0.6) is 0 Å². The molecule has 0 saturated carbocycles. The second-order valence-corrected chi connectivity index (χ2v) is 4.44.